The maximum atomic E-state index is 12.6. The van der Waals surface area contributed by atoms with Crippen molar-refractivity contribution in [1.82, 2.24) is 15.2 Å². The molecule has 0 bridgehead atoms. The van der Waals surface area contributed by atoms with Crippen LogP contribution in [-0.4, -0.2) is 34.9 Å². The highest BCUT2D eigenvalue weighted by Gasteiger charge is 2.36. The van der Waals surface area contributed by atoms with Gasteiger partial charge in [0.25, 0.3) is 0 Å². The molecule has 2 fully saturated rings. The van der Waals surface area contributed by atoms with E-state index in [0.717, 1.165) is 44.5 Å². The minimum atomic E-state index is 0.165. The van der Waals surface area contributed by atoms with Crippen LogP contribution in [-0.2, 0) is 11.3 Å². The minimum absolute atomic E-state index is 0.165. The maximum absolute atomic E-state index is 12.6. The van der Waals surface area contributed by atoms with Gasteiger partial charge in [0.15, 0.2) is 0 Å². The molecule has 2 heterocycles. The van der Waals surface area contributed by atoms with E-state index in [1.54, 1.807) is 6.20 Å². The Hall–Kier alpha value is -1.42. The molecular weight excluding hydrogens is 238 g/mol. The van der Waals surface area contributed by atoms with Crippen LogP contribution in [0.3, 0.4) is 0 Å². The Labute approximate surface area is 114 Å². The summed E-state index contributed by atoms with van der Waals surface area (Å²) >= 11 is 0. The van der Waals surface area contributed by atoms with Crippen molar-refractivity contribution in [2.24, 2.45) is 5.92 Å². The normalized spacial score (nSPS) is 23.1. The second-order valence-corrected chi connectivity index (χ2v) is 5.56. The molecule has 1 N–H and O–H groups in total. The highest BCUT2D eigenvalue weighted by Crippen LogP contribution is 2.30. The van der Waals surface area contributed by atoms with E-state index in [9.17, 15) is 4.79 Å². The number of amides is 1. The first-order valence-electron chi connectivity index (χ1n) is 7.25. The topological polar surface area (TPSA) is 45.2 Å². The van der Waals surface area contributed by atoms with Crippen LogP contribution in [0.5, 0.6) is 0 Å². The lowest BCUT2D eigenvalue weighted by molar-refractivity contribution is -0.137. The van der Waals surface area contributed by atoms with Crippen LogP contribution in [0.2, 0.25) is 0 Å². The molecule has 0 spiro atoms. The molecule has 3 rings (SSSR count). The Bertz CT molecular complexity index is 424. The van der Waals surface area contributed by atoms with Gasteiger partial charge in [-0.3, -0.25) is 9.78 Å². The average Bonchev–Trinajstić information content (AvgIpc) is 3.31. The highest BCUT2D eigenvalue weighted by atomic mass is 16.2. The first-order valence-corrected chi connectivity index (χ1v) is 7.25. The summed E-state index contributed by atoms with van der Waals surface area (Å²) in [6.07, 6.45) is 6.24. The van der Waals surface area contributed by atoms with Crippen LogP contribution in [0.15, 0.2) is 24.4 Å². The number of carbonyl (C=O) groups excluding carboxylic acids is 1. The van der Waals surface area contributed by atoms with Crippen LogP contribution in [0, 0.1) is 5.92 Å². The molecule has 0 aromatic carbocycles. The molecular formula is C15H21N3O. The van der Waals surface area contributed by atoms with E-state index in [2.05, 4.69) is 15.2 Å². The number of pyridine rings is 1. The van der Waals surface area contributed by atoms with E-state index in [-0.39, 0.29) is 5.92 Å². The SMILES string of the molecule is O=C([C@H]1CCCNC1)N(Cc1ccccn1)C1CC1. The second-order valence-electron chi connectivity index (χ2n) is 5.56. The Morgan fingerprint density at radius 3 is 2.89 bits per heavy atom. The Morgan fingerprint density at radius 1 is 1.37 bits per heavy atom. The third kappa shape index (κ3) is 3.13. The van der Waals surface area contributed by atoms with E-state index < -0.39 is 0 Å². The second kappa shape index (κ2) is 5.70. The predicted octanol–water partition coefficient (Wildman–Crippen LogP) is 1.57. The quantitative estimate of drug-likeness (QED) is 0.892. The summed E-state index contributed by atoms with van der Waals surface area (Å²) in [7, 11) is 0. The van der Waals surface area contributed by atoms with Crippen molar-refractivity contribution in [2.45, 2.75) is 38.3 Å². The molecule has 1 aliphatic carbocycles. The van der Waals surface area contributed by atoms with Gasteiger partial charge in [0.2, 0.25) is 5.91 Å². The number of piperidine rings is 1. The van der Waals surface area contributed by atoms with Gasteiger partial charge in [0, 0.05) is 18.8 Å². The first kappa shape index (κ1) is 12.6. The molecule has 1 atom stereocenters. The molecule has 1 aromatic rings. The molecule has 19 heavy (non-hydrogen) atoms. The van der Waals surface area contributed by atoms with Crippen molar-refractivity contribution in [1.29, 1.82) is 0 Å². The molecule has 2 aliphatic rings. The number of hydrogen-bond acceptors (Lipinski definition) is 3. The highest BCUT2D eigenvalue weighted by molar-refractivity contribution is 5.79. The van der Waals surface area contributed by atoms with Crippen LogP contribution in [0.1, 0.15) is 31.4 Å². The molecule has 1 aromatic heterocycles. The number of nitrogens with one attached hydrogen (secondary N) is 1. The van der Waals surface area contributed by atoms with E-state index in [1.807, 2.05) is 18.2 Å². The van der Waals surface area contributed by atoms with Crippen LogP contribution in [0.4, 0.5) is 0 Å². The largest absolute Gasteiger partial charge is 0.334 e. The van der Waals surface area contributed by atoms with Crippen LogP contribution in [0.25, 0.3) is 0 Å². The number of hydrogen-bond donors (Lipinski definition) is 1. The van der Waals surface area contributed by atoms with Gasteiger partial charge in [-0.05, 0) is 44.4 Å². The fourth-order valence-corrected chi connectivity index (χ4v) is 2.74. The molecule has 1 amide bonds. The van der Waals surface area contributed by atoms with E-state index in [4.69, 9.17) is 0 Å². The smallest absolute Gasteiger partial charge is 0.227 e. The molecule has 4 nitrogen and oxygen atoms in total. The van der Waals surface area contributed by atoms with Gasteiger partial charge in [-0.2, -0.15) is 0 Å². The molecule has 0 radical (unpaired) electrons. The number of aromatic nitrogens is 1. The fourth-order valence-electron chi connectivity index (χ4n) is 2.74. The Morgan fingerprint density at radius 2 is 2.26 bits per heavy atom. The van der Waals surface area contributed by atoms with E-state index in [0.29, 0.717) is 18.5 Å². The zero-order valence-electron chi connectivity index (χ0n) is 11.2. The minimum Gasteiger partial charge on any atom is -0.334 e. The summed E-state index contributed by atoms with van der Waals surface area (Å²) in [5.74, 6) is 0.485. The molecule has 1 aliphatic heterocycles. The zero-order chi connectivity index (χ0) is 13.1. The Kier molecular flexibility index (Phi) is 3.78. The van der Waals surface area contributed by atoms with Gasteiger partial charge in [-0.15, -0.1) is 0 Å². The lowest BCUT2D eigenvalue weighted by Gasteiger charge is -2.29. The van der Waals surface area contributed by atoms with Crippen molar-refractivity contribution in [3.63, 3.8) is 0 Å². The van der Waals surface area contributed by atoms with Crippen molar-refractivity contribution in [3.05, 3.63) is 30.1 Å². The number of carbonyl (C=O) groups is 1. The van der Waals surface area contributed by atoms with Crippen molar-refractivity contribution in [2.75, 3.05) is 13.1 Å². The lowest BCUT2D eigenvalue weighted by atomic mass is 9.98. The third-order valence-corrected chi connectivity index (χ3v) is 3.98. The van der Waals surface area contributed by atoms with Gasteiger partial charge in [-0.1, -0.05) is 6.07 Å². The van der Waals surface area contributed by atoms with Gasteiger partial charge in [0.05, 0.1) is 18.2 Å². The maximum Gasteiger partial charge on any atom is 0.227 e. The van der Waals surface area contributed by atoms with Crippen molar-refractivity contribution >= 4 is 5.91 Å². The first-order chi connectivity index (χ1) is 9.34. The summed E-state index contributed by atoms with van der Waals surface area (Å²) in [6.45, 7) is 2.55. The van der Waals surface area contributed by atoms with Gasteiger partial charge < -0.3 is 10.2 Å². The molecule has 1 saturated carbocycles. The molecule has 102 valence electrons. The van der Waals surface area contributed by atoms with E-state index in [1.165, 1.54) is 0 Å². The molecule has 0 unspecified atom stereocenters. The van der Waals surface area contributed by atoms with Crippen molar-refractivity contribution < 1.29 is 4.79 Å². The predicted molar refractivity (Wildman–Crippen MR) is 73.4 cm³/mol. The summed E-state index contributed by atoms with van der Waals surface area (Å²) in [5, 5.41) is 3.33. The number of nitrogens with zero attached hydrogens (tertiary/aromatic N) is 2. The zero-order valence-corrected chi connectivity index (χ0v) is 11.2. The lowest BCUT2D eigenvalue weighted by Crippen LogP contribution is -2.43. The van der Waals surface area contributed by atoms with Gasteiger partial charge in [0.1, 0.15) is 0 Å². The number of rotatable bonds is 4. The third-order valence-electron chi connectivity index (χ3n) is 3.98. The van der Waals surface area contributed by atoms with Crippen LogP contribution >= 0.6 is 0 Å². The monoisotopic (exact) mass is 259 g/mol. The van der Waals surface area contributed by atoms with Gasteiger partial charge >= 0.3 is 0 Å². The fraction of sp³-hybridized carbons (Fsp3) is 0.600. The molecule has 4 heteroatoms. The summed E-state index contributed by atoms with van der Waals surface area (Å²) in [4.78, 5) is 19.0. The summed E-state index contributed by atoms with van der Waals surface area (Å²) < 4.78 is 0. The standard InChI is InChI=1S/C15H21N3O/c19-15(12-4-3-8-16-10-12)18(14-6-7-14)11-13-5-1-2-9-17-13/h1-2,5,9,12,14,16H,3-4,6-8,10-11H2/t12-/m0/s1. The average molecular weight is 259 g/mol. The Balaban J connectivity index is 1.68. The van der Waals surface area contributed by atoms with Crippen LogP contribution < -0.4 is 5.32 Å². The summed E-state index contributed by atoms with van der Waals surface area (Å²) in [5.41, 5.74) is 0.992. The van der Waals surface area contributed by atoms with E-state index >= 15 is 0 Å². The summed E-state index contributed by atoms with van der Waals surface area (Å²) in [6, 6.07) is 6.36. The molecule has 1 saturated heterocycles. The van der Waals surface area contributed by atoms with Gasteiger partial charge in [-0.25, -0.2) is 0 Å². The van der Waals surface area contributed by atoms with Crippen molar-refractivity contribution in [3.8, 4) is 0 Å².